The molecule has 21 heavy (non-hydrogen) atoms. The fourth-order valence-electron chi connectivity index (χ4n) is 2.71. The Bertz CT molecular complexity index is 825. The fourth-order valence-corrected chi connectivity index (χ4v) is 2.71. The van der Waals surface area contributed by atoms with Crippen LogP contribution in [-0.2, 0) is 6.42 Å². The van der Waals surface area contributed by atoms with E-state index in [1.165, 1.54) is 0 Å². The molecule has 2 nitrogen and oxygen atoms in total. The highest BCUT2D eigenvalue weighted by Gasteiger charge is 2.21. The van der Waals surface area contributed by atoms with Crippen molar-refractivity contribution in [2.45, 2.75) is 27.2 Å². The van der Waals surface area contributed by atoms with Crippen LogP contribution in [0, 0.1) is 13.8 Å². The maximum Gasteiger partial charge on any atom is 0.197 e. The molecule has 2 aromatic carbocycles. The van der Waals surface area contributed by atoms with Gasteiger partial charge in [-0.15, -0.1) is 0 Å². The van der Waals surface area contributed by atoms with E-state index in [1.54, 1.807) is 0 Å². The summed E-state index contributed by atoms with van der Waals surface area (Å²) >= 11 is 0. The molecule has 0 bridgehead atoms. The third-order valence-corrected chi connectivity index (χ3v) is 3.85. The topological polar surface area (TPSA) is 30.2 Å². The average Bonchev–Trinajstić information content (AvgIpc) is 2.87. The van der Waals surface area contributed by atoms with E-state index in [-0.39, 0.29) is 5.78 Å². The molecule has 0 aliphatic heterocycles. The van der Waals surface area contributed by atoms with Gasteiger partial charge in [-0.3, -0.25) is 4.79 Å². The number of hydrogen-bond donors (Lipinski definition) is 0. The number of carbonyl (C=O) groups is 1. The molecule has 0 radical (unpaired) electrons. The van der Waals surface area contributed by atoms with Crippen molar-refractivity contribution in [3.05, 3.63) is 70.5 Å². The highest BCUT2D eigenvalue weighted by molar-refractivity contribution is 6.17. The van der Waals surface area contributed by atoms with E-state index >= 15 is 0 Å². The molecule has 1 aromatic heterocycles. The Morgan fingerprint density at radius 1 is 1.10 bits per heavy atom. The predicted molar refractivity (Wildman–Crippen MR) is 84.9 cm³/mol. The third-order valence-electron chi connectivity index (χ3n) is 3.85. The number of ketones is 1. The lowest BCUT2D eigenvalue weighted by molar-refractivity contribution is 0.103. The maximum absolute atomic E-state index is 13.0. The molecular weight excluding hydrogens is 260 g/mol. The number of fused-ring (bicyclic) bond motifs is 1. The molecule has 0 saturated carbocycles. The first-order valence-corrected chi connectivity index (χ1v) is 7.24. The van der Waals surface area contributed by atoms with Crippen molar-refractivity contribution >= 4 is 16.8 Å². The smallest absolute Gasteiger partial charge is 0.197 e. The summed E-state index contributed by atoms with van der Waals surface area (Å²) in [6, 6.07) is 13.7. The van der Waals surface area contributed by atoms with E-state index in [2.05, 4.69) is 0 Å². The van der Waals surface area contributed by atoms with Gasteiger partial charge in [0.25, 0.3) is 0 Å². The Labute approximate surface area is 124 Å². The molecule has 0 unspecified atom stereocenters. The molecule has 0 N–H and O–H groups in total. The Morgan fingerprint density at radius 3 is 2.62 bits per heavy atom. The summed E-state index contributed by atoms with van der Waals surface area (Å²) in [6.07, 6.45) is 0.709. The van der Waals surface area contributed by atoms with Gasteiger partial charge in [0.05, 0.1) is 5.56 Å². The van der Waals surface area contributed by atoms with E-state index in [0.717, 1.165) is 33.4 Å². The van der Waals surface area contributed by atoms with Crippen molar-refractivity contribution in [1.29, 1.82) is 0 Å². The number of para-hydroxylation sites is 1. The monoisotopic (exact) mass is 278 g/mol. The molecule has 0 aliphatic rings. The van der Waals surface area contributed by atoms with Crippen molar-refractivity contribution < 1.29 is 9.21 Å². The summed E-state index contributed by atoms with van der Waals surface area (Å²) in [5.74, 6) is 0.820. The SMILES string of the molecule is CCc1oc2ccccc2c1C(=O)c1cc(C)ccc1C. The first-order chi connectivity index (χ1) is 10.1. The van der Waals surface area contributed by atoms with Gasteiger partial charge >= 0.3 is 0 Å². The van der Waals surface area contributed by atoms with Crippen LogP contribution in [0.2, 0.25) is 0 Å². The highest BCUT2D eigenvalue weighted by atomic mass is 16.3. The van der Waals surface area contributed by atoms with Gasteiger partial charge in [-0.05, 0) is 31.5 Å². The minimum Gasteiger partial charge on any atom is -0.460 e. The van der Waals surface area contributed by atoms with Crippen LogP contribution < -0.4 is 0 Å². The second kappa shape index (κ2) is 5.21. The van der Waals surface area contributed by atoms with Crippen LogP contribution in [0.5, 0.6) is 0 Å². The minimum absolute atomic E-state index is 0.0537. The third kappa shape index (κ3) is 2.27. The predicted octanol–water partition coefficient (Wildman–Crippen LogP) is 4.84. The minimum atomic E-state index is 0.0537. The summed E-state index contributed by atoms with van der Waals surface area (Å²) in [7, 11) is 0. The number of benzene rings is 2. The zero-order chi connectivity index (χ0) is 15.0. The van der Waals surface area contributed by atoms with Gasteiger partial charge in [-0.1, -0.05) is 42.8 Å². The van der Waals surface area contributed by atoms with Crippen LogP contribution >= 0.6 is 0 Å². The van der Waals surface area contributed by atoms with Crippen LogP contribution in [0.4, 0.5) is 0 Å². The van der Waals surface area contributed by atoms with Crippen LogP contribution in [-0.4, -0.2) is 5.78 Å². The Hall–Kier alpha value is -2.35. The van der Waals surface area contributed by atoms with Gasteiger partial charge in [0, 0.05) is 17.4 Å². The van der Waals surface area contributed by atoms with Gasteiger partial charge in [0.1, 0.15) is 11.3 Å². The van der Waals surface area contributed by atoms with Crippen molar-refractivity contribution in [2.75, 3.05) is 0 Å². The molecule has 3 rings (SSSR count). The molecule has 0 amide bonds. The molecular formula is C19H18O2. The molecule has 0 atom stereocenters. The Kier molecular flexibility index (Phi) is 3.38. The van der Waals surface area contributed by atoms with Crippen molar-refractivity contribution in [3.63, 3.8) is 0 Å². The number of rotatable bonds is 3. The van der Waals surface area contributed by atoms with Crippen LogP contribution in [0.25, 0.3) is 11.0 Å². The number of furan rings is 1. The van der Waals surface area contributed by atoms with Crippen LogP contribution in [0.3, 0.4) is 0 Å². The number of carbonyl (C=O) groups excluding carboxylic acids is 1. The van der Waals surface area contributed by atoms with Crippen LogP contribution in [0.15, 0.2) is 46.9 Å². The molecule has 2 heteroatoms. The normalized spacial score (nSPS) is 11.0. The molecule has 0 spiro atoms. The van der Waals surface area contributed by atoms with Gasteiger partial charge in [-0.25, -0.2) is 0 Å². The molecule has 1 heterocycles. The Balaban J connectivity index is 2.24. The summed E-state index contributed by atoms with van der Waals surface area (Å²) < 4.78 is 5.84. The van der Waals surface area contributed by atoms with Crippen molar-refractivity contribution in [3.8, 4) is 0 Å². The standard InChI is InChI=1S/C19H18O2/c1-4-16-18(14-7-5-6-8-17(14)21-16)19(20)15-11-12(2)9-10-13(15)3/h5-11H,4H2,1-3H3. The first kappa shape index (κ1) is 13.6. The maximum atomic E-state index is 13.0. The molecule has 0 fully saturated rings. The largest absolute Gasteiger partial charge is 0.460 e. The molecule has 0 saturated heterocycles. The van der Waals surface area contributed by atoms with Gasteiger partial charge in [0.15, 0.2) is 5.78 Å². The summed E-state index contributed by atoms with van der Waals surface area (Å²) in [4.78, 5) is 13.0. The quantitative estimate of drug-likeness (QED) is 0.641. The lowest BCUT2D eigenvalue weighted by atomic mass is 9.95. The lowest BCUT2D eigenvalue weighted by Crippen LogP contribution is -2.06. The number of hydrogen-bond acceptors (Lipinski definition) is 2. The zero-order valence-corrected chi connectivity index (χ0v) is 12.6. The van der Waals surface area contributed by atoms with E-state index in [4.69, 9.17) is 4.42 Å². The van der Waals surface area contributed by atoms with Gasteiger partial charge in [-0.2, -0.15) is 0 Å². The van der Waals surface area contributed by atoms with Gasteiger partial charge in [0.2, 0.25) is 0 Å². The summed E-state index contributed by atoms with van der Waals surface area (Å²) in [5, 5.41) is 0.903. The molecule has 0 aliphatic carbocycles. The second-order valence-electron chi connectivity index (χ2n) is 5.40. The van der Waals surface area contributed by atoms with Crippen LogP contribution in [0.1, 0.15) is 39.7 Å². The molecule has 106 valence electrons. The first-order valence-electron chi connectivity index (χ1n) is 7.24. The average molecular weight is 278 g/mol. The Morgan fingerprint density at radius 2 is 1.86 bits per heavy atom. The van der Waals surface area contributed by atoms with E-state index in [0.29, 0.717) is 12.0 Å². The fraction of sp³-hybridized carbons (Fsp3) is 0.211. The number of aryl methyl sites for hydroxylation is 3. The lowest BCUT2D eigenvalue weighted by Gasteiger charge is -2.06. The van der Waals surface area contributed by atoms with E-state index in [1.807, 2.05) is 63.2 Å². The van der Waals surface area contributed by atoms with Gasteiger partial charge < -0.3 is 4.42 Å². The summed E-state index contributed by atoms with van der Waals surface area (Å²) in [5.41, 5.74) is 4.34. The summed E-state index contributed by atoms with van der Waals surface area (Å²) in [6.45, 7) is 5.99. The second-order valence-corrected chi connectivity index (χ2v) is 5.40. The van der Waals surface area contributed by atoms with Crippen molar-refractivity contribution in [2.24, 2.45) is 0 Å². The zero-order valence-electron chi connectivity index (χ0n) is 12.6. The molecule has 3 aromatic rings. The highest BCUT2D eigenvalue weighted by Crippen LogP contribution is 2.29. The van der Waals surface area contributed by atoms with E-state index < -0.39 is 0 Å². The van der Waals surface area contributed by atoms with Crippen molar-refractivity contribution in [1.82, 2.24) is 0 Å². The van der Waals surface area contributed by atoms with E-state index in [9.17, 15) is 4.79 Å².